The summed E-state index contributed by atoms with van der Waals surface area (Å²) in [5, 5.41) is 13.7. The average Bonchev–Trinajstić information content (AvgIpc) is 2.36. The fourth-order valence-corrected chi connectivity index (χ4v) is 1.85. The van der Waals surface area contributed by atoms with E-state index in [-0.39, 0.29) is 0 Å². The first-order valence-corrected chi connectivity index (χ1v) is 6.76. The molecule has 0 fully saturated rings. The molecule has 0 amide bonds. The predicted octanol–water partition coefficient (Wildman–Crippen LogP) is 2.68. The standard InChI is InChI=1S/C15H25NO2/c1-4-11-16-12-10-15(3,17)13-6-8-14(9-7-13)18-5-2/h6-9,16-17H,4-5,10-12H2,1-3H3. The monoisotopic (exact) mass is 251 g/mol. The van der Waals surface area contributed by atoms with E-state index in [1.807, 2.05) is 38.1 Å². The molecule has 0 aliphatic rings. The van der Waals surface area contributed by atoms with Crippen LogP contribution in [0.2, 0.25) is 0 Å². The van der Waals surface area contributed by atoms with Gasteiger partial charge >= 0.3 is 0 Å². The maximum Gasteiger partial charge on any atom is 0.119 e. The average molecular weight is 251 g/mol. The van der Waals surface area contributed by atoms with E-state index in [2.05, 4.69) is 12.2 Å². The quantitative estimate of drug-likeness (QED) is 0.698. The van der Waals surface area contributed by atoms with Crippen LogP contribution in [0.5, 0.6) is 5.75 Å². The molecule has 1 rings (SSSR count). The molecule has 2 N–H and O–H groups in total. The fraction of sp³-hybridized carbons (Fsp3) is 0.600. The van der Waals surface area contributed by atoms with Crippen LogP contribution in [0.25, 0.3) is 0 Å². The second-order valence-electron chi connectivity index (χ2n) is 4.73. The summed E-state index contributed by atoms with van der Waals surface area (Å²) in [5.74, 6) is 0.848. The summed E-state index contributed by atoms with van der Waals surface area (Å²) in [6.07, 6.45) is 1.83. The number of hydrogen-bond donors (Lipinski definition) is 2. The Bertz CT molecular complexity index is 333. The van der Waals surface area contributed by atoms with Gasteiger partial charge < -0.3 is 15.2 Å². The van der Waals surface area contributed by atoms with E-state index in [1.54, 1.807) is 0 Å². The molecule has 0 saturated heterocycles. The summed E-state index contributed by atoms with van der Waals surface area (Å²) in [7, 11) is 0. The van der Waals surface area contributed by atoms with Crippen LogP contribution in [0, 0.1) is 0 Å². The van der Waals surface area contributed by atoms with Gasteiger partial charge in [0.05, 0.1) is 12.2 Å². The molecule has 0 aliphatic carbocycles. The highest BCUT2D eigenvalue weighted by Gasteiger charge is 2.22. The molecule has 3 heteroatoms. The van der Waals surface area contributed by atoms with E-state index >= 15 is 0 Å². The van der Waals surface area contributed by atoms with Gasteiger partial charge in [0.15, 0.2) is 0 Å². The molecular weight excluding hydrogens is 226 g/mol. The summed E-state index contributed by atoms with van der Waals surface area (Å²) >= 11 is 0. The minimum atomic E-state index is -0.786. The fourth-order valence-electron chi connectivity index (χ4n) is 1.85. The SMILES string of the molecule is CCCNCCC(C)(O)c1ccc(OCC)cc1. The lowest BCUT2D eigenvalue weighted by atomic mass is 9.92. The van der Waals surface area contributed by atoms with Gasteiger partial charge in [0.2, 0.25) is 0 Å². The van der Waals surface area contributed by atoms with E-state index in [0.29, 0.717) is 13.0 Å². The van der Waals surface area contributed by atoms with Gasteiger partial charge in [0.25, 0.3) is 0 Å². The van der Waals surface area contributed by atoms with Crippen LogP contribution >= 0.6 is 0 Å². The number of ether oxygens (including phenoxy) is 1. The van der Waals surface area contributed by atoms with Crippen molar-refractivity contribution < 1.29 is 9.84 Å². The number of aliphatic hydroxyl groups is 1. The van der Waals surface area contributed by atoms with Crippen LogP contribution in [0.4, 0.5) is 0 Å². The lowest BCUT2D eigenvalue weighted by molar-refractivity contribution is 0.0480. The summed E-state index contributed by atoms with van der Waals surface area (Å²) in [6.45, 7) is 8.45. The zero-order valence-corrected chi connectivity index (χ0v) is 11.7. The Kier molecular flexibility index (Phi) is 6.16. The molecule has 1 aromatic rings. The second kappa shape index (κ2) is 7.39. The van der Waals surface area contributed by atoms with Crippen molar-refractivity contribution in [2.24, 2.45) is 0 Å². The van der Waals surface area contributed by atoms with Gasteiger partial charge in [-0.1, -0.05) is 19.1 Å². The van der Waals surface area contributed by atoms with Gasteiger partial charge in [-0.25, -0.2) is 0 Å². The van der Waals surface area contributed by atoms with Crippen molar-refractivity contribution in [3.63, 3.8) is 0 Å². The third-order valence-corrected chi connectivity index (χ3v) is 3.00. The second-order valence-corrected chi connectivity index (χ2v) is 4.73. The summed E-state index contributed by atoms with van der Waals surface area (Å²) in [5.41, 5.74) is 0.148. The van der Waals surface area contributed by atoms with E-state index in [9.17, 15) is 5.11 Å². The Balaban J connectivity index is 2.54. The first-order valence-electron chi connectivity index (χ1n) is 6.76. The molecule has 3 nitrogen and oxygen atoms in total. The number of benzene rings is 1. The van der Waals surface area contributed by atoms with Gasteiger partial charge in [-0.2, -0.15) is 0 Å². The molecular formula is C15H25NO2. The lowest BCUT2D eigenvalue weighted by Crippen LogP contribution is -2.28. The molecule has 18 heavy (non-hydrogen) atoms. The molecule has 1 unspecified atom stereocenters. The van der Waals surface area contributed by atoms with Crippen molar-refractivity contribution in [3.05, 3.63) is 29.8 Å². The molecule has 0 radical (unpaired) electrons. The summed E-state index contributed by atoms with van der Waals surface area (Å²) < 4.78 is 5.39. The topological polar surface area (TPSA) is 41.5 Å². The first kappa shape index (κ1) is 15.0. The van der Waals surface area contributed by atoms with Crippen LogP contribution in [0.3, 0.4) is 0 Å². The third kappa shape index (κ3) is 4.67. The first-order chi connectivity index (χ1) is 8.60. The summed E-state index contributed by atoms with van der Waals surface area (Å²) in [6, 6.07) is 7.69. The zero-order chi connectivity index (χ0) is 13.4. The smallest absolute Gasteiger partial charge is 0.119 e. The molecule has 0 heterocycles. The Hall–Kier alpha value is -1.06. The van der Waals surface area contributed by atoms with Crippen LogP contribution in [0.15, 0.2) is 24.3 Å². The summed E-state index contributed by atoms with van der Waals surface area (Å²) in [4.78, 5) is 0. The highest BCUT2D eigenvalue weighted by molar-refractivity contribution is 5.30. The van der Waals surface area contributed by atoms with Crippen LogP contribution < -0.4 is 10.1 Å². The highest BCUT2D eigenvalue weighted by Crippen LogP contribution is 2.25. The van der Waals surface area contributed by atoms with E-state index < -0.39 is 5.60 Å². The van der Waals surface area contributed by atoms with E-state index in [1.165, 1.54) is 0 Å². The molecule has 0 aromatic heterocycles. The van der Waals surface area contributed by atoms with Crippen molar-refractivity contribution in [2.75, 3.05) is 19.7 Å². The van der Waals surface area contributed by atoms with Gasteiger partial charge in [0.1, 0.15) is 5.75 Å². The Morgan fingerprint density at radius 1 is 1.17 bits per heavy atom. The van der Waals surface area contributed by atoms with E-state index in [0.717, 1.165) is 30.8 Å². The largest absolute Gasteiger partial charge is 0.494 e. The van der Waals surface area contributed by atoms with Crippen molar-refractivity contribution in [1.29, 1.82) is 0 Å². The van der Waals surface area contributed by atoms with Crippen LogP contribution in [-0.2, 0) is 5.60 Å². The third-order valence-electron chi connectivity index (χ3n) is 3.00. The molecule has 0 bridgehead atoms. The maximum atomic E-state index is 10.4. The van der Waals surface area contributed by atoms with E-state index in [4.69, 9.17) is 4.74 Å². The lowest BCUT2D eigenvalue weighted by Gasteiger charge is -2.24. The van der Waals surface area contributed by atoms with Gasteiger partial charge in [0, 0.05) is 0 Å². The Labute approximate surface area is 110 Å². The van der Waals surface area contributed by atoms with Gasteiger partial charge in [-0.15, -0.1) is 0 Å². The number of nitrogens with one attached hydrogen (secondary N) is 1. The Morgan fingerprint density at radius 2 is 1.83 bits per heavy atom. The van der Waals surface area contributed by atoms with Gasteiger partial charge in [-0.05, 0) is 57.5 Å². The van der Waals surface area contributed by atoms with Crippen molar-refractivity contribution >= 4 is 0 Å². The molecule has 102 valence electrons. The minimum absolute atomic E-state index is 0.663. The number of hydrogen-bond acceptors (Lipinski definition) is 3. The minimum Gasteiger partial charge on any atom is -0.494 e. The number of rotatable bonds is 8. The highest BCUT2D eigenvalue weighted by atomic mass is 16.5. The zero-order valence-electron chi connectivity index (χ0n) is 11.7. The molecule has 0 spiro atoms. The van der Waals surface area contributed by atoms with Gasteiger partial charge in [-0.3, -0.25) is 0 Å². The molecule has 1 atom stereocenters. The normalized spacial score (nSPS) is 14.2. The molecule has 1 aromatic carbocycles. The van der Waals surface area contributed by atoms with Crippen molar-refractivity contribution in [1.82, 2.24) is 5.32 Å². The van der Waals surface area contributed by atoms with Crippen molar-refractivity contribution in [3.8, 4) is 5.75 Å². The van der Waals surface area contributed by atoms with Crippen LogP contribution in [-0.4, -0.2) is 24.8 Å². The Morgan fingerprint density at radius 3 is 2.39 bits per heavy atom. The molecule has 0 aliphatic heterocycles. The maximum absolute atomic E-state index is 10.4. The molecule has 0 saturated carbocycles. The predicted molar refractivity (Wildman–Crippen MR) is 75.0 cm³/mol. The van der Waals surface area contributed by atoms with Crippen molar-refractivity contribution in [2.45, 2.75) is 39.2 Å². The van der Waals surface area contributed by atoms with Crippen LogP contribution in [0.1, 0.15) is 39.2 Å².